The van der Waals surface area contributed by atoms with E-state index in [4.69, 9.17) is 44.3 Å². The summed E-state index contributed by atoms with van der Waals surface area (Å²) >= 11 is 3.70. The predicted molar refractivity (Wildman–Crippen MR) is 582 cm³/mol. The van der Waals surface area contributed by atoms with E-state index in [0.29, 0.717) is 51.9 Å². The van der Waals surface area contributed by atoms with Crippen molar-refractivity contribution in [3.63, 3.8) is 0 Å². The highest BCUT2D eigenvalue weighted by molar-refractivity contribution is 7.27. The molecule has 0 radical (unpaired) electrons. The molecule has 9 heterocycles. The number of para-hydroxylation sites is 4. The van der Waals surface area contributed by atoms with E-state index in [9.17, 15) is 10.5 Å². The van der Waals surface area contributed by atoms with Gasteiger partial charge in [-0.2, -0.15) is 10.5 Å². The van der Waals surface area contributed by atoms with Gasteiger partial charge in [0, 0.05) is 141 Å². The van der Waals surface area contributed by atoms with Crippen molar-refractivity contribution in [2.75, 3.05) is 0 Å². The highest BCUT2D eigenvalue weighted by Gasteiger charge is 2.26. The molecule has 19 aromatic carbocycles. The van der Waals surface area contributed by atoms with Crippen LogP contribution in [0.15, 0.2) is 459 Å². The van der Waals surface area contributed by atoms with Gasteiger partial charge in [0.15, 0.2) is 46.4 Å². The maximum atomic E-state index is 9.52. The van der Waals surface area contributed by atoms with Crippen molar-refractivity contribution in [2.45, 2.75) is 0 Å². The lowest BCUT2D eigenvalue weighted by molar-refractivity contribution is 0.671. The molecule has 0 fully saturated rings. The summed E-state index contributed by atoms with van der Waals surface area (Å²) in [6, 6.07) is 161. The number of furan rings is 1. The van der Waals surface area contributed by atoms with Crippen molar-refractivity contribution in [3.8, 4) is 143 Å². The summed E-state index contributed by atoms with van der Waals surface area (Å²) in [5.41, 5.74) is 25.1. The van der Waals surface area contributed by atoms with Crippen LogP contribution < -0.4 is 0 Å². The minimum Gasteiger partial charge on any atom is -0.454 e. The molecule has 0 spiro atoms. The fourth-order valence-electron chi connectivity index (χ4n) is 19.9. The van der Waals surface area contributed by atoms with Gasteiger partial charge in [-0.3, -0.25) is 0 Å². The van der Waals surface area contributed by atoms with E-state index < -0.39 is 0 Å². The second kappa shape index (κ2) is 35.2. The Labute approximate surface area is 821 Å². The first-order valence-corrected chi connectivity index (χ1v) is 48.5. The summed E-state index contributed by atoms with van der Waals surface area (Å²) in [7, 11) is 0. The molecule has 0 N–H and O–H groups in total. The topological polar surface area (TPSA) is 179 Å². The standard InChI is InChI=1S/C45H28N4O.C41H24N4S.C40H23N5S/c1-3-12-29(13-4-1)32-16-11-17-33(28-32)45-47-43(30-14-5-2-6-15-30)46-44(48-45)31-22-24-34(25-23-31)49-39-20-9-7-18-35(39)37-26-27-38-36-19-8-10-21-40(36)50-42(38)41(37)49;42-25-26-9-8-12-29(23-26)36-24-35(27-10-2-1-3-11-27)43-41(44-36)28-17-19-30(20-18-28)45-37-15-6-4-13-31(37)33-21-22-34-32-14-5-7-16-38(32)46-40(34)39(33)45;41-24-25-9-8-12-28(23-25)40-43-38(26-10-2-1-3-11-26)42-39(44-40)27-17-19-29(20-18-27)45-34-15-6-4-13-30(34)32-21-22-33-31-14-5-7-16-35(31)46-37(33)36(32)45/h1-28H;1-24H;1-23H. The minimum atomic E-state index is 0.527. The molecule has 0 unspecified atom stereocenters. The normalized spacial score (nSPS) is 11.5. The number of thiophene rings is 2. The van der Waals surface area contributed by atoms with Crippen LogP contribution in [-0.2, 0) is 0 Å². The van der Waals surface area contributed by atoms with Crippen LogP contribution in [0.3, 0.4) is 0 Å². The fourth-order valence-corrected chi connectivity index (χ4v) is 22.4. The van der Waals surface area contributed by atoms with Gasteiger partial charge in [-0.25, -0.2) is 39.9 Å². The Morgan fingerprint density at radius 1 is 0.204 bits per heavy atom. The Hall–Kier alpha value is -19.1. The van der Waals surface area contributed by atoms with Crippen molar-refractivity contribution in [1.82, 2.24) is 53.6 Å². The van der Waals surface area contributed by atoms with Crippen LogP contribution >= 0.6 is 22.7 Å². The van der Waals surface area contributed by atoms with Gasteiger partial charge in [0.05, 0.1) is 77.2 Å². The van der Waals surface area contributed by atoms with Crippen molar-refractivity contribution < 1.29 is 4.42 Å². The van der Waals surface area contributed by atoms with Crippen LogP contribution in [0, 0.1) is 22.7 Å². The van der Waals surface area contributed by atoms with Crippen LogP contribution in [0.4, 0.5) is 0 Å². The molecule has 16 heteroatoms. The van der Waals surface area contributed by atoms with Crippen molar-refractivity contribution >= 4 is 150 Å². The van der Waals surface area contributed by atoms with Crippen LogP contribution in [0.25, 0.3) is 258 Å². The maximum absolute atomic E-state index is 9.52. The zero-order valence-corrected chi connectivity index (χ0v) is 77.5. The van der Waals surface area contributed by atoms with Gasteiger partial charge in [-0.15, -0.1) is 22.7 Å². The molecule has 0 saturated heterocycles. The monoisotopic (exact) mass is 1850 g/mol. The summed E-state index contributed by atoms with van der Waals surface area (Å²) in [5.74, 6) is 4.21. The van der Waals surface area contributed by atoms with Crippen molar-refractivity contribution in [1.29, 1.82) is 10.5 Å². The quantitative estimate of drug-likeness (QED) is 0.107. The second-order valence-corrected chi connectivity index (χ2v) is 37.1. The molecule has 0 amide bonds. The average molecular weight is 1850 g/mol. The van der Waals surface area contributed by atoms with Gasteiger partial charge in [-0.05, 0) is 163 Å². The smallest absolute Gasteiger partial charge is 0.164 e. The fraction of sp³-hybridized carbons (Fsp3) is 0. The Kier molecular flexibility index (Phi) is 20.7. The number of nitrogens with zero attached hydrogens (tertiary/aromatic N) is 13. The summed E-state index contributed by atoms with van der Waals surface area (Å²) in [6.45, 7) is 0. The summed E-state index contributed by atoms with van der Waals surface area (Å²) < 4.78 is 18.8. The highest BCUT2D eigenvalue weighted by atomic mass is 32.1. The van der Waals surface area contributed by atoms with E-state index in [0.717, 1.165) is 128 Å². The average Bonchev–Trinajstić information content (AvgIpc) is 1.57. The third-order valence-electron chi connectivity index (χ3n) is 26.6. The van der Waals surface area contributed by atoms with Gasteiger partial charge in [0.25, 0.3) is 0 Å². The highest BCUT2D eigenvalue weighted by Crippen LogP contribution is 2.48. The van der Waals surface area contributed by atoms with Crippen LogP contribution in [-0.4, -0.2) is 53.6 Å². The molecule has 0 aliphatic carbocycles. The molecule has 9 aromatic heterocycles. The predicted octanol–water partition coefficient (Wildman–Crippen LogP) is 32.6. The molecule has 662 valence electrons. The number of fused-ring (bicyclic) bond motifs is 21. The second-order valence-electron chi connectivity index (χ2n) is 35.0. The molecule has 0 bridgehead atoms. The number of benzene rings is 19. The van der Waals surface area contributed by atoms with E-state index >= 15 is 0 Å². The minimum absolute atomic E-state index is 0.527. The Balaban J connectivity index is 0.000000109. The molecule has 142 heavy (non-hydrogen) atoms. The third kappa shape index (κ3) is 14.9. The van der Waals surface area contributed by atoms with Gasteiger partial charge in [-0.1, -0.05) is 303 Å². The maximum Gasteiger partial charge on any atom is 0.164 e. The Morgan fingerprint density at radius 2 is 0.514 bits per heavy atom. The Bertz CT molecular complexity index is 9580. The number of nitriles is 2. The lowest BCUT2D eigenvalue weighted by atomic mass is 10.0. The van der Waals surface area contributed by atoms with Crippen LogP contribution in [0.1, 0.15) is 11.1 Å². The molecule has 0 saturated carbocycles. The SMILES string of the molecule is N#Cc1cccc(-c2cc(-c3ccccc3)nc(-c3ccc(-n4c5ccccc5c5ccc6c7ccccc7sc6c54)cc3)n2)c1.N#Cc1cccc(-c2nc(-c3ccccc3)nc(-c3ccc(-n4c5ccccc5c5ccc6c7ccccc7sc6c54)cc3)n2)c1.c1ccc(-c2cccc(-c3nc(-c4ccccc4)nc(-c4ccc(-n5c6ccccc6c6ccc7c8ccccc8oc7c65)cc4)n3)c2)cc1. The van der Waals surface area contributed by atoms with Crippen LogP contribution in [0.2, 0.25) is 0 Å². The summed E-state index contributed by atoms with van der Waals surface area (Å²) in [4.78, 5) is 39.7. The first-order chi connectivity index (χ1) is 70.3. The number of hydrogen-bond acceptors (Lipinski definition) is 13. The number of rotatable bonds is 13. The van der Waals surface area contributed by atoms with Crippen molar-refractivity contribution in [3.05, 3.63) is 466 Å². The lowest BCUT2D eigenvalue weighted by Crippen LogP contribution is -2.00. The number of hydrogen-bond donors (Lipinski definition) is 0. The van der Waals surface area contributed by atoms with E-state index in [-0.39, 0.29) is 0 Å². The lowest BCUT2D eigenvalue weighted by Gasteiger charge is -2.12. The van der Waals surface area contributed by atoms with Gasteiger partial charge >= 0.3 is 0 Å². The van der Waals surface area contributed by atoms with Crippen molar-refractivity contribution in [2.24, 2.45) is 0 Å². The van der Waals surface area contributed by atoms with Gasteiger partial charge in [0.2, 0.25) is 0 Å². The molecule has 28 aromatic rings. The summed E-state index contributed by atoms with van der Waals surface area (Å²) in [6.07, 6.45) is 0. The van der Waals surface area contributed by atoms with Gasteiger partial charge in [0.1, 0.15) is 5.58 Å². The van der Waals surface area contributed by atoms with Crippen LogP contribution in [0.5, 0.6) is 0 Å². The van der Waals surface area contributed by atoms with E-state index in [2.05, 4.69) is 329 Å². The zero-order chi connectivity index (χ0) is 94.2. The molecule has 0 aliphatic heterocycles. The first kappa shape index (κ1) is 83.5. The molecular formula is C126H75N13OS2. The van der Waals surface area contributed by atoms with E-state index in [1.165, 1.54) is 89.3 Å². The van der Waals surface area contributed by atoms with E-state index in [1.807, 2.05) is 168 Å². The molecular weight excluding hydrogens is 1780 g/mol. The first-order valence-electron chi connectivity index (χ1n) is 46.9. The number of aromatic nitrogens is 11. The molecule has 28 rings (SSSR count). The summed E-state index contributed by atoms with van der Waals surface area (Å²) in [5, 5.41) is 33.7. The zero-order valence-electron chi connectivity index (χ0n) is 75.8. The van der Waals surface area contributed by atoms with Gasteiger partial charge < -0.3 is 18.1 Å². The third-order valence-corrected chi connectivity index (χ3v) is 29.0. The molecule has 0 aliphatic rings. The van der Waals surface area contributed by atoms with E-state index in [1.54, 1.807) is 6.07 Å². The molecule has 14 nitrogen and oxygen atoms in total. The molecule has 0 atom stereocenters. The largest absolute Gasteiger partial charge is 0.454 e. The Morgan fingerprint density at radius 3 is 0.972 bits per heavy atom.